The number of aliphatic hydroxyl groups excluding tert-OH is 1. The number of hydrogen-bond acceptors (Lipinski definition) is 4. The van der Waals surface area contributed by atoms with Gasteiger partial charge in [0.2, 0.25) is 0 Å². The second-order valence-electron chi connectivity index (χ2n) is 7.23. The number of benzene rings is 2. The molecule has 0 fully saturated rings. The highest BCUT2D eigenvalue weighted by Crippen LogP contribution is 2.31. The number of rotatable bonds is 5. The molecule has 0 saturated heterocycles. The van der Waals surface area contributed by atoms with E-state index in [9.17, 15) is 14.3 Å². The lowest BCUT2D eigenvalue weighted by Gasteiger charge is -2.14. The number of aliphatic hydroxyl groups is 1. The van der Waals surface area contributed by atoms with Gasteiger partial charge in [-0.1, -0.05) is 30.3 Å². The summed E-state index contributed by atoms with van der Waals surface area (Å²) in [5.74, 6) is -1.000. The molecular weight excluding hydrogens is 381 g/mol. The quantitative estimate of drug-likeness (QED) is 0.526. The number of halogens is 1. The Kier molecular flexibility index (Phi) is 5.25. The van der Waals surface area contributed by atoms with E-state index in [1.54, 1.807) is 30.5 Å². The Hall–Kier alpha value is -3.64. The predicted octanol–water partition coefficient (Wildman–Crippen LogP) is 4.12. The molecule has 0 aliphatic rings. The minimum absolute atomic E-state index is 0.108. The summed E-state index contributed by atoms with van der Waals surface area (Å²) in [6.07, 6.45) is 1.39. The standard InChI is InChI=1S/C24H20FN3O2/c1-14-2-3-15(13-27-14)10-23(29)17-6-9-19-20(16-4-7-18(25)8-5-16)12-22(24(26)30)28-21(19)11-17/h2-9,11-13,23,29H,10H2,1H3,(H2,26,30). The maximum atomic E-state index is 13.3. The van der Waals surface area contributed by atoms with Gasteiger partial charge in [-0.2, -0.15) is 0 Å². The van der Waals surface area contributed by atoms with Crippen LogP contribution in [0.1, 0.15) is 33.4 Å². The molecule has 0 spiro atoms. The molecule has 2 heterocycles. The van der Waals surface area contributed by atoms with Gasteiger partial charge in [0, 0.05) is 23.7 Å². The van der Waals surface area contributed by atoms with Crippen molar-refractivity contribution in [3.05, 3.63) is 95.2 Å². The van der Waals surface area contributed by atoms with Crippen LogP contribution in [0.15, 0.2) is 66.9 Å². The molecule has 1 unspecified atom stereocenters. The lowest BCUT2D eigenvalue weighted by atomic mass is 9.96. The normalized spacial score (nSPS) is 12.1. The molecule has 0 aliphatic heterocycles. The van der Waals surface area contributed by atoms with Crippen molar-refractivity contribution < 1.29 is 14.3 Å². The molecule has 4 aromatic rings. The fourth-order valence-electron chi connectivity index (χ4n) is 3.41. The van der Waals surface area contributed by atoms with Crippen LogP contribution in [0, 0.1) is 12.7 Å². The van der Waals surface area contributed by atoms with E-state index in [1.807, 2.05) is 31.2 Å². The number of carbonyl (C=O) groups excluding carboxylic acids is 1. The molecular formula is C24H20FN3O2. The van der Waals surface area contributed by atoms with E-state index in [4.69, 9.17) is 5.73 Å². The molecule has 2 aromatic carbocycles. The van der Waals surface area contributed by atoms with E-state index in [0.29, 0.717) is 17.5 Å². The molecule has 2 aromatic heterocycles. The van der Waals surface area contributed by atoms with Crippen LogP contribution < -0.4 is 5.73 Å². The van der Waals surface area contributed by atoms with E-state index in [2.05, 4.69) is 9.97 Å². The summed E-state index contributed by atoms with van der Waals surface area (Å²) in [5.41, 5.74) is 10.1. The highest BCUT2D eigenvalue weighted by atomic mass is 19.1. The van der Waals surface area contributed by atoms with Crippen molar-refractivity contribution in [2.24, 2.45) is 5.73 Å². The zero-order chi connectivity index (χ0) is 21.3. The first-order chi connectivity index (χ1) is 14.4. The van der Waals surface area contributed by atoms with Crippen LogP contribution in [-0.4, -0.2) is 21.0 Å². The van der Waals surface area contributed by atoms with Crippen LogP contribution in [0.3, 0.4) is 0 Å². The second kappa shape index (κ2) is 8.00. The molecule has 1 amide bonds. The Labute approximate surface area is 173 Å². The predicted molar refractivity (Wildman–Crippen MR) is 113 cm³/mol. The van der Waals surface area contributed by atoms with Crippen molar-refractivity contribution in [1.82, 2.24) is 9.97 Å². The number of nitrogens with two attached hydrogens (primary N) is 1. The van der Waals surface area contributed by atoms with E-state index in [0.717, 1.165) is 27.8 Å². The van der Waals surface area contributed by atoms with Crippen LogP contribution in [0.25, 0.3) is 22.0 Å². The van der Waals surface area contributed by atoms with Gasteiger partial charge in [-0.15, -0.1) is 0 Å². The molecule has 0 bridgehead atoms. The summed E-state index contributed by atoms with van der Waals surface area (Å²) in [5, 5.41) is 11.5. The van der Waals surface area contributed by atoms with Gasteiger partial charge >= 0.3 is 0 Å². The van der Waals surface area contributed by atoms with Gasteiger partial charge in [0.1, 0.15) is 11.5 Å². The molecule has 0 saturated carbocycles. The van der Waals surface area contributed by atoms with Crippen molar-refractivity contribution >= 4 is 16.8 Å². The van der Waals surface area contributed by atoms with E-state index in [1.165, 1.54) is 12.1 Å². The zero-order valence-corrected chi connectivity index (χ0v) is 16.3. The number of aryl methyl sites for hydroxylation is 1. The summed E-state index contributed by atoms with van der Waals surface area (Å²) in [7, 11) is 0. The first-order valence-electron chi connectivity index (χ1n) is 9.51. The Morgan fingerprint density at radius 2 is 1.87 bits per heavy atom. The Bertz CT molecular complexity index is 1220. The number of carbonyl (C=O) groups is 1. The van der Waals surface area contributed by atoms with Gasteiger partial charge in [-0.05, 0) is 59.5 Å². The van der Waals surface area contributed by atoms with Crippen LogP contribution in [0.2, 0.25) is 0 Å². The average Bonchev–Trinajstić information content (AvgIpc) is 2.74. The first-order valence-corrected chi connectivity index (χ1v) is 9.51. The zero-order valence-electron chi connectivity index (χ0n) is 16.3. The average molecular weight is 401 g/mol. The molecule has 150 valence electrons. The van der Waals surface area contributed by atoms with E-state index in [-0.39, 0.29) is 11.5 Å². The topological polar surface area (TPSA) is 89.1 Å². The molecule has 4 rings (SSSR count). The molecule has 1 atom stereocenters. The van der Waals surface area contributed by atoms with Crippen molar-refractivity contribution in [2.45, 2.75) is 19.4 Å². The van der Waals surface area contributed by atoms with Crippen LogP contribution >= 0.6 is 0 Å². The number of nitrogens with zero attached hydrogens (tertiary/aromatic N) is 2. The molecule has 0 radical (unpaired) electrons. The summed E-state index contributed by atoms with van der Waals surface area (Å²) in [6.45, 7) is 1.91. The van der Waals surface area contributed by atoms with Gasteiger partial charge < -0.3 is 10.8 Å². The molecule has 30 heavy (non-hydrogen) atoms. The van der Waals surface area contributed by atoms with Gasteiger partial charge in [0.05, 0.1) is 11.6 Å². The minimum atomic E-state index is -0.757. The number of pyridine rings is 2. The maximum absolute atomic E-state index is 13.3. The molecule has 6 heteroatoms. The third kappa shape index (κ3) is 4.04. The minimum Gasteiger partial charge on any atom is -0.388 e. The first kappa shape index (κ1) is 19.7. The van der Waals surface area contributed by atoms with E-state index >= 15 is 0 Å². The maximum Gasteiger partial charge on any atom is 0.267 e. The molecule has 5 nitrogen and oxygen atoms in total. The Morgan fingerprint density at radius 3 is 2.53 bits per heavy atom. The van der Waals surface area contributed by atoms with Crippen molar-refractivity contribution in [1.29, 1.82) is 0 Å². The monoisotopic (exact) mass is 401 g/mol. The summed E-state index contributed by atoms with van der Waals surface area (Å²) >= 11 is 0. The number of fused-ring (bicyclic) bond motifs is 1. The third-order valence-electron chi connectivity index (χ3n) is 5.03. The number of amides is 1. The van der Waals surface area contributed by atoms with Gasteiger partial charge in [0.15, 0.2) is 0 Å². The number of aromatic nitrogens is 2. The number of primary amides is 1. The third-order valence-corrected chi connectivity index (χ3v) is 5.03. The lowest BCUT2D eigenvalue weighted by molar-refractivity contribution is 0.0996. The van der Waals surface area contributed by atoms with Crippen molar-refractivity contribution in [3.63, 3.8) is 0 Å². The fourth-order valence-corrected chi connectivity index (χ4v) is 3.41. The molecule has 3 N–H and O–H groups in total. The summed E-state index contributed by atoms with van der Waals surface area (Å²) in [6, 6.07) is 16.9. The lowest BCUT2D eigenvalue weighted by Crippen LogP contribution is -2.13. The number of hydrogen-bond donors (Lipinski definition) is 2. The highest BCUT2D eigenvalue weighted by Gasteiger charge is 2.15. The highest BCUT2D eigenvalue weighted by molar-refractivity contribution is 6.00. The summed E-state index contributed by atoms with van der Waals surface area (Å²) < 4.78 is 13.3. The summed E-state index contributed by atoms with van der Waals surface area (Å²) in [4.78, 5) is 20.4. The Balaban J connectivity index is 1.76. The Morgan fingerprint density at radius 1 is 1.10 bits per heavy atom. The van der Waals surface area contributed by atoms with Gasteiger partial charge in [-0.25, -0.2) is 9.37 Å². The van der Waals surface area contributed by atoms with Crippen LogP contribution in [0.5, 0.6) is 0 Å². The largest absolute Gasteiger partial charge is 0.388 e. The van der Waals surface area contributed by atoms with Crippen molar-refractivity contribution in [2.75, 3.05) is 0 Å². The van der Waals surface area contributed by atoms with Gasteiger partial charge in [-0.3, -0.25) is 9.78 Å². The SMILES string of the molecule is Cc1ccc(CC(O)c2ccc3c(-c4ccc(F)cc4)cc(C(N)=O)nc3c2)cn1. The van der Waals surface area contributed by atoms with Crippen LogP contribution in [-0.2, 0) is 6.42 Å². The van der Waals surface area contributed by atoms with Crippen LogP contribution in [0.4, 0.5) is 4.39 Å². The van der Waals surface area contributed by atoms with Gasteiger partial charge in [0.25, 0.3) is 5.91 Å². The van der Waals surface area contributed by atoms with E-state index < -0.39 is 12.0 Å². The fraction of sp³-hybridized carbons (Fsp3) is 0.125. The smallest absolute Gasteiger partial charge is 0.267 e. The molecule has 0 aliphatic carbocycles. The van der Waals surface area contributed by atoms with Crippen molar-refractivity contribution in [3.8, 4) is 11.1 Å². The second-order valence-corrected chi connectivity index (χ2v) is 7.23.